The lowest BCUT2D eigenvalue weighted by Crippen LogP contribution is -2.58. The summed E-state index contributed by atoms with van der Waals surface area (Å²) < 4.78 is 45.9. The highest BCUT2D eigenvalue weighted by Gasteiger charge is 2.58. The number of sulfonamides is 1. The normalized spacial score (nSPS) is 21.5. The van der Waals surface area contributed by atoms with Gasteiger partial charge >= 0.3 is 5.97 Å². The number of Topliss-reactive ketones (excluding diaryl/α,β-unsaturated/α-hetero) is 1. The molecule has 3 unspecified atom stereocenters. The van der Waals surface area contributed by atoms with Gasteiger partial charge in [-0.3, -0.25) is 14.4 Å². The first kappa shape index (κ1) is 34.4. The number of rotatable bonds is 11. The third kappa shape index (κ3) is 7.18. The number of nitrogens with one attached hydrogen (secondary N) is 2. The summed E-state index contributed by atoms with van der Waals surface area (Å²) in [5.41, 5.74) is -0.244. The highest BCUT2D eigenvalue weighted by molar-refractivity contribution is 7.89. The Morgan fingerprint density at radius 2 is 1.82 bits per heavy atom. The van der Waals surface area contributed by atoms with Crippen molar-refractivity contribution in [1.82, 2.24) is 4.31 Å². The van der Waals surface area contributed by atoms with Crippen molar-refractivity contribution >= 4 is 39.1 Å². The van der Waals surface area contributed by atoms with Crippen molar-refractivity contribution in [3.8, 4) is 5.75 Å². The van der Waals surface area contributed by atoms with Gasteiger partial charge in [0.2, 0.25) is 15.9 Å². The van der Waals surface area contributed by atoms with Crippen LogP contribution >= 0.6 is 0 Å². The Morgan fingerprint density at radius 3 is 2.42 bits per heavy atom. The molecular formula is C33H45N3O8S. The second-order valence-corrected chi connectivity index (χ2v) is 15.4. The summed E-state index contributed by atoms with van der Waals surface area (Å²) in [5, 5.41) is 6.10. The molecule has 0 aromatic heterocycles. The molecule has 3 atom stereocenters. The van der Waals surface area contributed by atoms with Gasteiger partial charge in [-0.25, -0.2) is 8.42 Å². The summed E-state index contributed by atoms with van der Waals surface area (Å²) in [6, 6.07) is 11.8. The first-order valence-electron chi connectivity index (χ1n) is 15.2. The lowest BCUT2D eigenvalue weighted by Gasteiger charge is -2.41. The Labute approximate surface area is 266 Å². The van der Waals surface area contributed by atoms with Crippen molar-refractivity contribution < 1.29 is 37.0 Å². The quantitative estimate of drug-likeness (QED) is 0.205. The lowest BCUT2D eigenvalue weighted by molar-refractivity contribution is -0.151. The molecule has 2 aromatic carbocycles. The van der Waals surface area contributed by atoms with Crippen LogP contribution in [0, 0.1) is 17.8 Å². The molecule has 11 nitrogen and oxygen atoms in total. The van der Waals surface area contributed by atoms with Crippen LogP contribution in [-0.4, -0.2) is 69.0 Å². The third-order valence-corrected chi connectivity index (χ3v) is 9.92. The summed E-state index contributed by atoms with van der Waals surface area (Å²) in [7, 11) is -2.66. The van der Waals surface area contributed by atoms with Crippen LogP contribution in [0.25, 0.3) is 0 Å². The van der Waals surface area contributed by atoms with Crippen molar-refractivity contribution in [2.75, 3.05) is 37.5 Å². The molecule has 2 aliphatic rings. The number of para-hydroxylation sites is 1. The highest BCUT2D eigenvalue weighted by Crippen LogP contribution is 2.41. The molecule has 0 spiro atoms. The summed E-state index contributed by atoms with van der Waals surface area (Å²) in [5.74, 6) is -4.69. The van der Waals surface area contributed by atoms with Gasteiger partial charge in [0.1, 0.15) is 22.7 Å². The number of carbonyl (C=O) groups excluding carboxylic acids is 3. The molecule has 0 aliphatic carbocycles. The van der Waals surface area contributed by atoms with E-state index < -0.39 is 51.3 Å². The van der Waals surface area contributed by atoms with Crippen LogP contribution in [0.5, 0.6) is 5.75 Å². The van der Waals surface area contributed by atoms with Crippen LogP contribution in [-0.2, 0) is 39.3 Å². The third-order valence-electron chi connectivity index (χ3n) is 7.98. The van der Waals surface area contributed by atoms with E-state index in [1.807, 2.05) is 40.7 Å². The predicted octanol–water partition coefficient (Wildman–Crippen LogP) is 4.57. The monoisotopic (exact) mass is 643 g/mol. The average molecular weight is 644 g/mol. The van der Waals surface area contributed by atoms with E-state index in [0.29, 0.717) is 24.5 Å². The Balaban J connectivity index is 1.86. The number of nitrogens with zero attached hydrogens (tertiary/aromatic N) is 1. The maximum Gasteiger partial charge on any atom is 0.318 e. The van der Waals surface area contributed by atoms with Crippen molar-refractivity contribution in [1.29, 1.82) is 0 Å². The second-order valence-electron chi connectivity index (χ2n) is 13.5. The average Bonchev–Trinajstić information content (AvgIpc) is 3.15. The first-order valence-corrected chi connectivity index (χ1v) is 16.6. The van der Waals surface area contributed by atoms with Crippen molar-refractivity contribution in [2.24, 2.45) is 17.8 Å². The second kappa shape index (κ2) is 13.1. The van der Waals surface area contributed by atoms with Gasteiger partial charge in [0.15, 0.2) is 11.4 Å². The minimum Gasteiger partial charge on any atom is -0.491 e. The number of anilines is 2. The Bertz CT molecular complexity index is 1550. The van der Waals surface area contributed by atoms with Gasteiger partial charge in [-0.2, -0.15) is 4.31 Å². The van der Waals surface area contributed by atoms with Crippen molar-refractivity contribution in [3.05, 3.63) is 48.0 Å². The molecule has 2 aliphatic heterocycles. The summed E-state index contributed by atoms with van der Waals surface area (Å²) in [6.45, 7) is 13.6. The highest BCUT2D eigenvalue weighted by atomic mass is 32.2. The molecule has 0 bridgehead atoms. The lowest BCUT2D eigenvalue weighted by atomic mass is 9.82. The van der Waals surface area contributed by atoms with Crippen LogP contribution in [0.4, 0.5) is 11.4 Å². The van der Waals surface area contributed by atoms with Gasteiger partial charge in [0.25, 0.3) is 0 Å². The molecule has 1 fully saturated rings. The number of esters is 1. The number of ketones is 1. The fourth-order valence-electron chi connectivity index (χ4n) is 5.54. The van der Waals surface area contributed by atoms with Crippen LogP contribution in [0.2, 0.25) is 0 Å². The number of hydrogen-bond donors (Lipinski definition) is 2. The van der Waals surface area contributed by atoms with Crippen LogP contribution in [0.3, 0.4) is 0 Å². The van der Waals surface area contributed by atoms with Gasteiger partial charge < -0.3 is 24.8 Å². The molecule has 0 saturated carbocycles. The molecule has 0 radical (unpaired) electrons. The molecule has 12 heteroatoms. The van der Waals surface area contributed by atoms with Gasteiger partial charge in [-0.05, 0) is 61.4 Å². The van der Waals surface area contributed by atoms with Gasteiger partial charge in [0.05, 0.1) is 23.9 Å². The van der Waals surface area contributed by atoms with Gasteiger partial charge in [-0.1, -0.05) is 52.8 Å². The molecule has 4 rings (SSSR count). The number of cyclic esters (lactones) is 1. The number of ether oxygens (including phenoxy) is 3. The zero-order chi connectivity index (χ0) is 33.3. The molecule has 45 heavy (non-hydrogen) atoms. The fourth-order valence-corrected chi connectivity index (χ4v) is 7.30. The van der Waals surface area contributed by atoms with E-state index in [1.165, 1.54) is 27.0 Å². The molecule has 246 valence electrons. The van der Waals surface area contributed by atoms with Crippen molar-refractivity contribution in [3.63, 3.8) is 0 Å². The van der Waals surface area contributed by atoms with Crippen molar-refractivity contribution in [2.45, 2.75) is 77.0 Å². The smallest absolute Gasteiger partial charge is 0.318 e. The summed E-state index contributed by atoms with van der Waals surface area (Å²) >= 11 is 0. The maximum absolute atomic E-state index is 14.5. The zero-order valence-electron chi connectivity index (χ0n) is 27.3. The number of hydrogen-bond acceptors (Lipinski definition) is 9. The summed E-state index contributed by atoms with van der Waals surface area (Å²) in [4.78, 5) is 41.7. The van der Waals surface area contributed by atoms with E-state index in [0.717, 1.165) is 9.87 Å². The van der Waals surface area contributed by atoms with Crippen LogP contribution in [0.15, 0.2) is 47.4 Å². The molecule has 1 saturated heterocycles. The zero-order valence-corrected chi connectivity index (χ0v) is 28.1. The SMILES string of the molecule is COCCCN1C(C(C(=O)Nc2cc(C(C)(C)C)ccc2OCC(C)C)C2C(=O)OC(C)(C)C2=O)Nc2ccccc2S1(=O)=O. The number of methoxy groups -OCH3 is 1. The van der Waals surface area contributed by atoms with E-state index in [9.17, 15) is 22.8 Å². The number of carbonyl (C=O) groups is 3. The Kier molecular flexibility index (Phi) is 10.0. The fraction of sp³-hybridized carbons (Fsp3) is 0.545. The molecule has 1 amide bonds. The Hall–Kier alpha value is -3.48. The number of benzene rings is 2. The summed E-state index contributed by atoms with van der Waals surface area (Å²) in [6.07, 6.45) is -0.997. The van der Waals surface area contributed by atoms with E-state index in [-0.39, 0.29) is 35.1 Å². The molecule has 2 heterocycles. The molecule has 2 N–H and O–H groups in total. The standard InChI is InChI=1S/C33H45N3O8S/c1-20(2)19-43-24-15-14-21(32(3,4)5)18-23(24)35-30(38)27(26-28(37)33(6,7)44-31(26)39)29-34-22-12-9-10-13-25(22)45(40,41)36(29)16-11-17-42-8/h9-10,12-15,18,20,26-27,29,34H,11,16-17,19H2,1-8H3,(H,35,38). The minimum atomic E-state index is -4.16. The largest absolute Gasteiger partial charge is 0.491 e. The predicted molar refractivity (Wildman–Crippen MR) is 171 cm³/mol. The van der Waals surface area contributed by atoms with E-state index in [2.05, 4.69) is 10.6 Å². The maximum atomic E-state index is 14.5. The van der Waals surface area contributed by atoms with E-state index >= 15 is 0 Å². The van der Waals surface area contributed by atoms with E-state index in [4.69, 9.17) is 14.2 Å². The molecule has 2 aromatic rings. The topological polar surface area (TPSA) is 140 Å². The van der Waals surface area contributed by atoms with Gasteiger partial charge in [0, 0.05) is 20.3 Å². The molecular weight excluding hydrogens is 598 g/mol. The Morgan fingerprint density at radius 1 is 1.13 bits per heavy atom. The van der Waals surface area contributed by atoms with E-state index in [1.54, 1.807) is 30.3 Å². The number of amides is 1. The van der Waals surface area contributed by atoms with Gasteiger partial charge in [-0.15, -0.1) is 0 Å². The number of fused-ring (bicyclic) bond motifs is 1. The van der Waals surface area contributed by atoms with Crippen LogP contribution in [0.1, 0.15) is 60.5 Å². The first-order chi connectivity index (χ1) is 21.0. The minimum absolute atomic E-state index is 0.0285. The van der Waals surface area contributed by atoms with Crippen LogP contribution < -0.4 is 15.4 Å².